The molecule has 1 aromatic heterocycles. The van der Waals surface area contributed by atoms with Crippen LogP contribution in [0, 0.1) is 11.8 Å². The van der Waals surface area contributed by atoms with E-state index in [4.69, 9.17) is 4.98 Å². The van der Waals surface area contributed by atoms with E-state index in [9.17, 15) is 0 Å². The Morgan fingerprint density at radius 3 is 2.58 bits per heavy atom. The molecule has 3 nitrogen and oxygen atoms in total. The van der Waals surface area contributed by atoms with Crippen molar-refractivity contribution in [2.45, 2.75) is 47.7 Å². The molecule has 1 N–H and O–H groups in total. The van der Waals surface area contributed by atoms with Crippen molar-refractivity contribution in [2.75, 3.05) is 19.6 Å². The molecule has 0 spiro atoms. The van der Waals surface area contributed by atoms with Crippen LogP contribution in [0.3, 0.4) is 0 Å². The van der Waals surface area contributed by atoms with Crippen molar-refractivity contribution in [3.63, 3.8) is 0 Å². The molecule has 0 unspecified atom stereocenters. The number of thiazole rings is 1. The lowest BCUT2D eigenvalue weighted by Gasteiger charge is -2.21. The highest BCUT2D eigenvalue weighted by Gasteiger charge is 2.09. The summed E-state index contributed by atoms with van der Waals surface area (Å²) in [6.07, 6.45) is 0. The zero-order chi connectivity index (χ0) is 14.3. The van der Waals surface area contributed by atoms with Crippen molar-refractivity contribution in [1.82, 2.24) is 15.2 Å². The molecule has 0 aromatic carbocycles. The van der Waals surface area contributed by atoms with E-state index in [0.717, 1.165) is 32.7 Å². The monoisotopic (exact) mass is 283 g/mol. The molecule has 1 rings (SSSR count). The number of hydrogen-bond acceptors (Lipinski definition) is 4. The van der Waals surface area contributed by atoms with Crippen LogP contribution in [0.15, 0.2) is 5.38 Å². The van der Waals surface area contributed by atoms with E-state index in [0.29, 0.717) is 11.8 Å². The Labute approximate surface area is 122 Å². The molecule has 0 bridgehead atoms. The van der Waals surface area contributed by atoms with Crippen molar-refractivity contribution in [1.29, 1.82) is 0 Å². The van der Waals surface area contributed by atoms with Gasteiger partial charge in [0.1, 0.15) is 5.01 Å². The fraction of sp³-hybridized carbons (Fsp3) is 0.800. The van der Waals surface area contributed by atoms with E-state index in [2.05, 4.69) is 50.2 Å². The predicted molar refractivity (Wildman–Crippen MR) is 84.4 cm³/mol. The first-order chi connectivity index (χ1) is 9.01. The molecule has 0 aliphatic carbocycles. The first-order valence-corrected chi connectivity index (χ1v) is 8.25. The first-order valence-electron chi connectivity index (χ1n) is 7.37. The maximum absolute atomic E-state index is 4.72. The van der Waals surface area contributed by atoms with E-state index >= 15 is 0 Å². The fourth-order valence-electron chi connectivity index (χ4n) is 2.02. The summed E-state index contributed by atoms with van der Waals surface area (Å²) in [6, 6.07) is 0. The van der Waals surface area contributed by atoms with Gasteiger partial charge in [0.15, 0.2) is 0 Å². The highest BCUT2D eigenvalue weighted by atomic mass is 32.1. The Morgan fingerprint density at radius 1 is 1.26 bits per heavy atom. The van der Waals surface area contributed by atoms with Crippen LogP contribution in [0.1, 0.15) is 45.3 Å². The van der Waals surface area contributed by atoms with E-state index in [1.807, 2.05) is 0 Å². The van der Waals surface area contributed by atoms with Gasteiger partial charge in [-0.05, 0) is 24.9 Å². The van der Waals surface area contributed by atoms with E-state index < -0.39 is 0 Å². The van der Waals surface area contributed by atoms with Crippen LogP contribution in [0.4, 0.5) is 0 Å². The van der Waals surface area contributed by atoms with Crippen molar-refractivity contribution in [3.8, 4) is 0 Å². The fourth-order valence-corrected chi connectivity index (χ4v) is 2.78. The first kappa shape index (κ1) is 16.6. The predicted octanol–water partition coefficient (Wildman–Crippen LogP) is 3.37. The number of nitrogens with one attached hydrogen (secondary N) is 1. The third-order valence-electron chi connectivity index (χ3n) is 2.88. The van der Waals surface area contributed by atoms with Crippen molar-refractivity contribution >= 4 is 11.3 Å². The molecule has 0 amide bonds. The van der Waals surface area contributed by atoms with Gasteiger partial charge in [-0.1, -0.05) is 34.6 Å². The minimum absolute atomic E-state index is 0.695. The van der Waals surface area contributed by atoms with Gasteiger partial charge in [-0.3, -0.25) is 4.90 Å². The lowest BCUT2D eigenvalue weighted by Crippen LogP contribution is -2.27. The summed E-state index contributed by atoms with van der Waals surface area (Å²) in [7, 11) is 0. The smallest absolute Gasteiger partial charge is 0.107 e. The van der Waals surface area contributed by atoms with Gasteiger partial charge in [0.25, 0.3) is 0 Å². The highest BCUT2D eigenvalue weighted by molar-refractivity contribution is 7.09. The lowest BCUT2D eigenvalue weighted by atomic mass is 10.2. The Balaban J connectivity index is 2.40. The summed E-state index contributed by atoms with van der Waals surface area (Å²) < 4.78 is 0. The molecule has 110 valence electrons. The molecule has 0 saturated heterocycles. The molecular formula is C15H29N3S. The highest BCUT2D eigenvalue weighted by Crippen LogP contribution is 2.12. The summed E-state index contributed by atoms with van der Waals surface area (Å²) >= 11 is 1.77. The summed E-state index contributed by atoms with van der Waals surface area (Å²) in [5.41, 5.74) is 1.22. The molecule has 0 radical (unpaired) electrons. The Kier molecular flexibility index (Phi) is 7.57. The third-order valence-corrected chi connectivity index (χ3v) is 3.78. The Morgan fingerprint density at radius 2 is 2.00 bits per heavy atom. The van der Waals surface area contributed by atoms with Gasteiger partial charge in [0.05, 0.1) is 5.69 Å². The second-order valence-electron chi connectivity index (χ2n) is 5.98. The lowest BCUT2D eigenvalue weighted by molar-refractivity contribution is 0.246. The molecule has 0 saturated carbocycles. The summed E-state index contributed by atoms with van der Waals surface area (Å²) in [5, 5.41) is 6.86. The second kappa shape index (κ2) is 8.67. The van der Waals surface area contributed by atoms with Gasteiger partial charge in [0, 0.05) is 25.0 Å². The number of nitrogens with zero attached hydrogens (tertiary/aromatic N) is 2. The maximum Gasteiger partial charge on any atom is 0.107 e. The summed E-state index contributed by atoms with van der Waals surface area (Å²) in [6.45, 7) is 16.4. The van der Waals surface area contributed by atoms with Crippen LogP contribution in [0.25, 0.3) is 0 Å². The van der Waals surface area contributed by atoms with E-state index in [1.54, 1.807) is 11.3 Å². The van der Waals surface area contributed by atoms with Gasteiger partial charge >= 0.3 is 0 Å². The SMILES string of the molecule is CCN(Cc1csc(CNCC(C)C)n1)CC(C)C. The number of rotatable bonds is 9. The van der Waals surface area contributed by atoms with Crippen molar-refractivity contribution in [3.05, 3.63) is 16.1 Å². The van der Waals surface area contributed by atoms with Crippen molar-refractivity contribution in [2.24, 2.45) is 11.8 Å². The number of aromatic nitrogens is 1. The van der Waals surface area contributed by atoms with Gasteiger partial charge in [-0.25, -0.2) is 4.98 Å². The molecule has 0 atom stereocenters. The molecule has 0 aliphatic heterocycles. The molecule has 4 heteroatoms. The molecule has 19 heavy (non-hydrogen) atoms. The van der Waals surface area contributed by atoms with E-state index in [-0.39, 0.29) is 0 Å². The van der Waals surface area contributed by atoms with Crippen LogP contribution in [0.2, 0.25) is 0 Å². The van der Waals surface area contributed by atoms with Gasteiger partial charge in [-0.2, -0.15) is 0 Å². The van der Waals surface area contributed by atoms with Crippen LogP contribution in [0.5, 0.6) is 0 Å². The van der Waals surface area contributed by atoms with Gasteiger partial charge in [-0.15, -0.1) is 11.3 Å². The van der Waals surface area contributed by atoms with Crippen LogP contribution in [-0.2, 0) is 13.1 Å². The Hall–Kier alpha value is -0.450. The normalized spacial score (nSPS) is 12.0. The number of hydrogen-bond donors (Lipinski definition) is 1. The summed E-state index contributed by atoms with van der Waals surface area (Å²) in [5.74, 6) is 1.41. The Bertz CT molecular complexity index is 347. The average molecular weight is 283 g/mol. The third kappa shape index (κ3) is 7.04. The van der Waals surface area contributed by atoms with Gasteiger partial charge < -0.3 is 5.32 Å². The topological polar surface area (TPSA) is 28.2 Å². The van der Waals surface area contributed by atoms with Crippen LogP contribution in [-0.4, -0.2) is 29.5 Å². The standard InChI is InChI=1S/C15H29N3S/c1-6-18(9-13(4)5)10-14-11-19-15(17-14)8-16-7-12(2)3/h11-13,16H,6-10H2,1-5H3. The van der Waals surface area contributed by atoms with Crippen LogP contribution >= 0.6 is 11.3 Å². The molecular weight excluding hydrogens is 254 g/mol. The van der Waals surface area contributed by atoms with Gasteiger partial charge in [0.2, 0.25) is 0 Å². The minimum atomic E-state index is 0.695. The van der Waals surface area contributed by atoms with E-state index in [1.165, 1.54) is 10.7 Å². The molecule has 0 fully saturated rings. The maximum atomic E-state index is 4.72. The zero-order valence-electron chi connectivity index (χ0n) is 13.1. The quantitative estimate of drug-likeness (QED) is 0.753. The van der Waals surface area contributed by atoms with Crippen LogP contribution < -0.4 is 5.32 Å². The van der Waals surface area contributed by atoms with Crippen molar-refractivity contribution < 1.29 is 0 Å². The zero-order valence-corrected chi connectivity index (χ0v) is 13.9. The molecule has 1 heterocycles. The minimum Gasteiger partial charge on any atom is -0.310 e. The molecule has 1 aromatic rings. The summed E-state index contributed by atoms with van der Waals surface area (Å²) in [4.78, 5) is 7.18. The average Bonchev–Trinajstić information content (AvgIpc) is 2.75. The largest absolute Gasteiger partial charge is 0.310 e. The second-order valence-corrected chi connectivity index (χ2v) is 6.92. The molecule has 0 aliphatic rings.